The van der Waals surface area contributed by atoms with E-state index in [9.17, 15) is 10.2 Å². The van der Waals surface area contributed by atoms with Crippen molar-refractivity contribution in [3.8, 4) is 23.0 Å². The topological polar surface area (TPSA) is 113 Å². The molecule has 0 atom stereocenters. The van der Waals surface area contributed by atoms with Crippen LogP contribution in [0.4, 0.5) is 0 Å². The van der Waals surface area contributed by atoms with Gasteiger partial charge in [-0.25, -0.2) is 0 Å². The standard InChI is InChI=1S/C32H50N4O4.Ga.HI/c1-23(2)39-27-13-9-11-25(29(27)37)17-35-21-31(5,6)19-33-15-16-34-20-32(7,8)22-36-18-26-12-10-14-28(30(26)38)40-24(3)4;;/h9-14,17-18,23-24,33-34,37-38H,15-16,19-22H2,1-8H3;;1H/q;+3;/p-3. The summed E-state index contributed by atoms with van der Waals surface area (Å²) in [6, 6.07) is 10.6. The molecule has 230 valence electrons. The fourth-order valence-corrected chi connectivity index (χ4v) is 3.89. The molecule has 2 aromatic rings. The van der Waals surface area contributed by atoms with Crippen molar-refractivity contribution in [2.45, 2.75) is 67.6 Å². The summed E-state index contributed by atoms with van der Waals surface area (Å²) in [5.74, 6) is 0.467. The summed E-state index contributed by atoms with van der Waals surface area (Å²) in [6.07, 6.45) is 3.20. The van der Waals surface area contributed by atoms with E-state index in [-0.39, 0.29) is 78.3 Å². The number of para-hydroxylation sites is 2. The van der Waals surface area contributed by atoms with Crippen LogP contribution in [0.5, 0.6) is 23.0 Å². The maximum Gasteiger partial charge on any atom is 3.00 e. The van der Waals surface area contributed by atoms with Crippen LogP contribution in [0.2, 0.25) is 0 Å². The minimum Gasteiger partial charge on any atom is -1.00 e. The molecule has 10 heteroatoms. The molecule has 0 fully saturated rings. The molecule has 0 aliphatic heterocycles. The van der Waals surface area contributed by atoms with E-state index in [1.165, 1.54) is 0 Å². The van der Waals surface area contributed by atoms with Gasteiger partial charge in [-0.1, -0.05) is 63.5 Å². The summed E-state index contributed by atoms with van der Waals surface area (Å²) in [6.45, 7) is 20.7. The molecule has 0 saturated carbocycles. The van der Waals surface area contributed by atoms with Gasteiger partial charge in [0.05, 0.1) is 12.2 Å². The van der Waals surface area contributed by atoms with Crippen LogP contribution in [0.1, 0.15) is 66.5 Å². The van der Waals surface area contributed by atoms with Gasteiger partial charge in [0.15, 0.2) is 0 Å². The number of benzene rings is 2. The molecular formula is C32H48GaIN4O4. The van der Waals surface area contributed by atoms with Crippen molar-refractivity contribution in [1.29, 1.82) is 0 Å². The van der Waals surface area contributed by atoms with Crippen LogP contribution < -0.4 is 54.3 Å². The summed E-state index contributed by atoms with van der Waals surface area (Å²) < 4.78 is 11.2. The fourth-order valence-electron chi connectivity index (χ4n) is 3.89. The van der Waals surface area contributed by atoms with E-state index in [1.807, 2.05) is 39.8 Å². The predicted octanol–water partition coefficient (Wildman–Crippen LogP) is 0.801. The van der Waals surface area contributed by atoms with Gasteiger partial charge in [-0.3, -0.25) is 9.98 Å². The van der Waals surface area contributed by atoms with Crippen LogP contribution in [0.25, 0.3) is 0 Å². The van der Waals surface area contributed by atoms with Gasteiger partial charge in [0.25, 0.3) is 0 Å². The Balaban J connectivity index is 0.00000840. The predicted molar refractivity (Wildman–Crippen MR) is 167 cm³/mol. The Morgan fingerprint density at radius 3 is 1.40 bits per heavy atom. The number of ether oxygens (including phenoxy) is 2. The largest absolute Gasteiger partial charge is 3.00 e. The van der Waals surface area contributed by atoms with Gasteiger partial charge in [-0.2, -0.15) is 0 Å². The molecule has 2 rings (SSSR count). The molecule has 42 heavy (non-hydrogen) atoms. The number of rotatable bonds is 17. The van der Waals surface area contributed by atoms with Crippen LogP contribution in [0.15, 0.2) is 46.4 Å². The first-order valence-electron chi connectivity index (χ1n) is 14.1. The van der Waals surface area contributed by atoms with E-state index in [0.717, 1.165) is 26.2 Å². The van der Waals surface area contributed by atoms with Crippen molar-refractivity contribution in [1.82, 2.24) is 10.6 Å². The molecule has 0 bridgehead atoms. The Morgan fingerprint density at radius 2 is 1.07 bits per heavy atom. The third-order valence-electron chi connectivity index (χ3n) is 5.93. The second kappa shape index (κ2) is 19.5. The van der Waals surface area contributed by atoms with Crippen molar-refractivity contribution in [2.75, 3.05) is 39.3 Å². The zero-order valence-electron chi connectivity index (χ0n) is 26.5. The number of aliphatic imine (C=N–C) groups is 2. The van der Waals surface area contributed by atoms with Gasteiger partial charge in [0.1, 0.15) is 11.5 Å². The third-order valence-corrected chi connectivity index (χ3v) is 5.93. The number of hydrogen-bond acceptors (Lipinski definition) is 8. The molecule has 0 aliphatic carbocycles. The van der Waals surface area contributed by atoms with Crippen molar-refractivity contribution >= 4 is 32.2 Å². The Hall–Kier alpha value is -1.73. The Kier molecular flexibility index (Phi) is 18.7. The Bertz CT molecular complexity index is 1040. The second-order valence-corrected chi connectivity index (χ2v) is 12.3. The molecule has 8 nitrogen and oxygen atoms in total. The molecule has 0 unspecified atom stereocenters. The van der Waals surface area contributed by atoms with Crippen molar-refractivity contribution in [2.24, 2.45) is 20.8 Å². The van der Waals surface area contributed by atoms with Gasteiger partial charge >= 0.3 is 19.8 Å². The van der Waals surface area contributed by atoms with E-state index >= 15 is 0 Å². The first-order valence-corrected chi connectivity index (χ1v) is 14.1. The normalized spacial score (nSPS) is 12.1. The monoisotopic (exact) mass is 748 g/mol. The smallest absolute Gasteiger partial charge is 1.00 e. The van der Waals surface area contributed by atoms with Crippen LogP contribution in [-0.2, 0) is 0 Å². The SMILES string of the molecule is CC(C)Oc1cccc(C=NCC(C)(C)CNCCNCC(C)(C)CN=Cc2cccc(OC(C)C)c2[O-])c1[O-].[Ga+3].[I-]. The van der Waals surface area contributed by atoms with Gasteiger partial charge in [-0.05, 0) is 61.8 Å². The molecule has 0 aliphatic rings. The number of halogens is 1. The average molecular weight is 749 g/mol. The maximum atomic E-state index is 12.5. The zero-order chi connectivity index (χ0) is 29.8. The van der Waals surface area contributed by atoms with E-state index in [2.05, 4.69) is 48.3 Å². The summed E-state index contributed by atoms with van der Waals surface area (Å²) in [5, 5.41) is 32.0. The van der Waals surface area contributed by atoms with Gasteiger partial charge in [-0.15, -0.1) is 0 Å². The number of hydrogen-bond donors (Lipinski definition) is 2. The van der Waals surface area contributed by atoms with Crippen molar-refractivity contribution in [3.05, 3.63) is 47.5 Å². The average Bonchev–Trinajstić information content (AvgIpc) is 2.85. The van der Waals surface area contributed by atoms with Crippen LogP contribution in [0.3, 0.4) is 0 Å². The number of nitrogens with one attached hydrogen (secondary N) is 2. The first-order chi connectivity index (χ1) is 18.8. The van der Waals surface area contributed by atoms with Gasteiger partial charge in [0, 0.05) is 51.7 Å². The molecule has 2 aromatic carbocycles. The molecule has 0 amide bonds. The Morgan fingerprint density at radius 1 is 0.714 bits per heavy atom. The minimum absolute atomic E-state index is 0. The van der Waals surface area contributed by atoms with E-state index in [0.29, 0.717) is 35.7 Å². The summed E-state index contributed by atoms with van der Waals surface area (Å²) in [7, 11) is 0. The molecule has 0 heterocycles. The van der Waals surface area contributed by atoms with E-state index in [1.54, 1.807) is 36.7 Å². The van der Waals surface area contributed by atoms with Gasteiger partial charge < -0.3 is 54.3 Å². The molecule has 2 N–H and O–H groups in total. The number of nitrogens with zero attached hydrogens (tertiary/aromatic N) is 2. The first kappa shape index (κ1) is 40.3. The molecular weight excluding hydrogens is 701 g/mol. The third kappa shape index (κ3) is 15.1. The van der Waals surface area contributed by atoms with Crippen molar-refractivity contribution in [3.63, 3.8) is 0 Å². The Labute approximate surface area is 283 Å². The fraction of sp³-hybridized carbons (Fsp3) is 0.562. The summed E-state index contributed by atoms with van der Waals surface area (Å²) >= 11 is 0. The van der Waals surface area contributed by atoms with Crippen molar-refractivity contribution < 1.29 is 43.7 Å². The van der Waals surface area contributed by atoms with Crippen LogP contribution in [0, 0.1) is 10.8 Å². The summed E-state index contributed by atoms with van der Waals surface area (Å²) in [5.41, 5.74) is 0.968. The molecule has 0 aromatic heterocycles. The second-order valence-electron chi connectivity index (χ2n) is 12.3. The minimum atomic E-state index is -0.129. The van der Waals surface area contributed by atoms with Crippen LogP contribution >= 0.6 is 0 Å². The zero-order valence-corrected chi connectivity index (χ0v) is 31.1. The quantitative estimate of drug-likeness (QED) is 0.107. The van der Waals surface area contributed by atoms with Crippen LogP contribution in [-0.4, -0.2) is 83.7 Å². The summed E-state index contributed by atoms with van der Waals surface area (Å²) in [4.78, 5) is 9.08. The van der Waals surface area contributed by atoms with Gasteiger partial charge in [0.2, 0.25) is 0 Å². The molecule has 0 radical (unpaired) electrons. The van der Waals surface area contributed by atoms with E-state index < -0.39 is 0 Å². The molecule has 0 spiro atoms. The molecule has 0 saturated heterocycles. The van der Waals surface area contributed by atoms with E-state index in [4.69, 9.17) is 9.47 Å². The maximum absolute atomic E-state index is 12.5.